The van der Waals surface area contributed by atoms with Gasteiger partial charge in [0.05, 0.1) is 5.69 Å². The molecular weight excluding hydrogens is 174 g/mol. The second-order valence-electron chi connectivity index (χ2n) is 2.27. The van der Waals surface area contributed by atoms with Crippen LogP contribution < -0.4 is 0 Å². The Bertz CT molecular complexity index is 333. The van der Waals surface area contributed by atoms with Crippen LogP contribution in [-0.2, 0) is 0 Å². The molecular formula is C9H8ClNO. The lowest BCUT2D eigenvalue weighted by atomic mass is 10.1. The summed E-state index contributed by atoms with van der Waals surface area (Å²) >= 11 is 5.70. The fourth-order valence-corrected chi connectivity index (χ4v) is 1.05. The lowest BCUT2D eigenvalue weighted by Gasteiger charge is -2.02. The van der Waals surface area contributed by atoms with Crippen molar-refractivity contribution in [3.8, 4) is 0 Å². The first-order chi connectivity index (χ1) is 5.65. The summed E-state index contributed by atoms with van der Waals surface area (Å²) in [5, 5.41) is 9.66. The van der Waals surface area contributed by atoms with Crippen LogP contribution >= 0.6 is 11.6 Å². The molecule has 0 bridgehead atoms. The molecule has 0 heterocycles. The minimum atomic E-state index is -0.0333. The molecule has 62 valence electrons. The smallest absolute Gasteiger partial charge is 0.117 e. The number of rotatable bonds is 2. The number of aliphatic imine (C=N–C) groups is 1. The van der Waals surface area contributed by atoms with Gasteiger partial charge in [0.2, 0.25) is 0 Å². The Labute approximate surface area is 75.8 Å². The minimum absolute atomic E-state index is 0.0333. The maximum atomic E-state index is 9.10. The minimum Gasteiger partial charge on any atom is -0.508 e. The molecule has 1 N–H and O–H groups in total. The molecule has 1 rings (SSSR count). The SMILES string of the molecule is C=Nc1cc(Cl)ccc1C(=C)O. The summed E-state index contributed by atoms with van der Waals surface area (Å²) in [6.45, 7) is 6.74. The van der Waals surface area contributed by atoms with Crippen LogP contribution in [-0.4, -0.2) is 11.8 Å². The van der Waals surface area contributed by atoms with Crippen LogP contribution in [0.25, 0.3) is 5.76 Å². The summed E-state index contributed by atoms with van der Waals surface area (Å²) in [7, 11) is 0. The van der Waals surface area contributed by atoms with Crippen molar-refractivity contribution in [2.45, 2.75) is 0 Å². The van der Waals surface area contributed by atoms with E-state index in [4.69, 9.17) is 16.7 Å². The van der Waals surface area contributed by atoms with Crippen molar-refractivity contribution < 1.29 is 5.11 Å². The van der Waals surface area contributed by atoms with Gasteiger partial charge in [-0.3, -0.25) is 4.99 Å². The van der Waals surface area contributed by atoms with Crippen LogP contribution in [0.5, 0.6) is 0 Å². The lowest BCUT2D eigenvalue weighted by Crippen LogP contribution is -1.81. The summed E-state index contributed by atoms with van der Waals surface area (Å²) in [6, 6.07) is 4.92. The summed E-state index contributed by atoms with van der Waals surface area (Å²) < 4.78 is 0. The molecule has 0 amide bonds. The van der Waals surface area contributed by atoms with Crippen LogP contribution in [0.3, 0.4) is 0 Å². The fraction of sp³-hybridized carbons (Fsp3) is 0. The highest BCUT2D eigenvalue weighted by Gasteiger charge is 2.03. The van der Waals surface area contributed by atoms with Gasteiger partial charge >= 0.3 is 0 Å². The second-order valence-corrected chi connectivity index (χ2v) is 2.70. The van der Waals surface area contributed by atoms with Crippen molar-refractivity contribution in [2.24, 2.45) is 4.99 Å². The molecule has 0 saturated heterocycles. The molecule has 0 spiro atoms. The molecule has 0 aliphatic heterocycles. The molecule has 0 radical (unpaired) electrons. The summed E-state index contributed by atoms with van der Waals surface area (Å²) in [6.07, 6.45) is 0. The van der Waals surface area contributed by atoms with E-state index in [1.165, 1.54) is 0 Å². The molecule has 3 heteroatoms. The number of halogens is 1. The van der Waals surface area contributed by atoms with Crippen LogP contribution in [0.1, 0.15) is 5.56 Å². The van der Waals surface area contributed by atoms with E-state index >= 15 is 0 Å². The van der Waals surface area contributed by atoms with Gasteiger partial charge in [-0.05, 0) is 24.9 Å². The standard InChI is InChI=1S/C9H8ClNO/c1-6(12)8-4-3-7(10)5-9(8)11-2/h3-5,12H,1-2H2. The Morgan fingerprint density at radius 2 is 2.17 bits per heavy atom. The zero-order valence-electron chi connectivity index (χ0n) is 6.42. The third kappa shape index (κ3) is 1.66. The lowest BCUT2D eigenvalue weighted by molar-refractivity contribution is 0.514. The Morgan fingerprint density at radius 1 is 1.50 bits per heavy atom. The largest absolute Gasteiger partial charge is 0.508 e. The Kier molecular flexibility index (Phi) is 2.51. The van der Waals surface area contributed by atoms with Crippen molar-refractivity contribution in [3.63, 3.8) is 0 Å². The number of benzene rings is 1. The molecule has 0 saturated carbocycles. The molecule has 1 aromatic rings. The predicted octanol–water partition coefficient (Wildman–Crippen LogP) is 3.20. The average molecular weight is 182 g/mol. The van der Waals surface area contributed by atoms with Gasteiger partial charge in [0, 0.05) is 10.6 Å². The van der Waals surface area contributed by atoms with Crippen molar-refractivity contribution in [2.75, 3.05) is 0 Å². The fourth-order valence-electron chi connectivity index (χ4n) is 0.880. The average Bonchev–Trinajstić information content (AvgIpc) is 2.03. The van der Waals surface area contributed by atoms with Crippen molar-refractivity contribution in [3.05, 3.63) is 35.4 Å². The number of aliphatic hydroxyl groups excluding tert-OH is 1. The van der Waals surface area contributed by atoms with Crippen LogP contribution in [0, 0.1) is 0 Å². The van der Waals surface area contributed by atoms with Gasteiger partial charge in [-0.15, -0.1) is 0 Å². The molecule has 0 atom stereocenters. The van der Waals surface area contributed by atoms with Crippen molar-refractivity contribution in [1.29, 1.82) is 0 Å². The van der Waals surface area contributed by atoms with Crippen molar-refractivity contribution >= 4 is 29.8 Å². The summed E-state index contributed by atoms with van der Waals surface area (Å²) in [5.74, 6) is -0.0333. The van der Waals surface area contributed by atoms with Gasteiger partial charge in [-0.2, -0.15) is 0 Å². The Hall–Kier alpha value is -1.28. The van der Waals surface area contributed by atoms with E-state index < -0.39 is 0 Å². The highest BCUT2D eigenvalue weighted by molar-refractivity contribution is 6.30. The van der Waals surface area contributed by atoms with E-state index in [0.29, 0.717) is 16.3 Å². The molecule has 1 aromatic carbocycles. The van der Waals surface area contributed by atoms with Gasteiger partial charge in [0.15, 0.2) is 0 Å². The maximum Gasteiger partial charge on any atom is 0.117 e. The molecule has 12 heavy (non-hydrogen) atoms. The number of nitrogens with zero attached hydrogens (tertiary/aromatic N) is 1. The number of hydrogen-bond acceptors (Lipinski definition) is 2. The zero-order valence-corrected chi connectivity index (χ0v) is 7.17. The van der Waals surface area contributed by atoms with Crippen LogP contribution in [0.15, 0.2) is 29.8 Å². The monoisotopic (exact) mass is 181 g/mol. The second kappa shape index (κ2) is 3.41. The van der Waals surface area contributed by atoms with E-state index in [2.05, 4.69) is 18.3 Å². The topological polar surface area (TPSA) is 32.6 Å². The molecule has 2 nitrogen and oxygen atoms in total. The first-order valence-electron chi connectivity index (χ1n) is 3.29. The molecule has 0 fully saturated rings. The highest BCUT2D eigenvalue weighted by Crippen LogP contribution is 2.26. The van der Waals surface area contributed by atoms with Gasteiger partial charge in [-0.1, -0.05) is 18.2 Å². The van der Waals surface area contributed by atoms with Gasteiger partial charge in [0.25, 0.3) is 0 Å². The summed E-state index contributed by atoms with van der Waals surface area (Å²) in [5.41, 5.74) is 1.09. The third-order valence-corrected chi connectivity index (χ3v) is 1.68. The van der Waals surface area contributed by atoms with Crippen LogP contribution in [0.4, 0.5) is 5.69 Å². The predicted molar refractivity (Wildman–Crippen MR) is 52.3 cm³/mol. The van der Waals surface area contributed by atoms with Gasteiger partial charge in [0.1, 0.15) is 5.76 Å². The van der Waals surface area contributed by atoms with Gasteiger partial charge in [-0.25, -0.2) is 0 Å². The molecule has 0 aliphatic rings. The Balaban J connectivity index is 3.29. The van der Waals surface area contributed by atoms with Gasteiger partial charge < -0.3 is 5.11 Å². The molecule has 0 unspecified atom stereocenters. The molecule has 0 aromatic heterocycles. The molecule has 0 aliphatic carbocycles. The maximum absolute atomic E-state index is 9.10. The quantitative estimate of drug-likeness (QED) is 0.552. The highest BCUT2D eigenvalue weighted by atomic mass is 35.5. The van der Waals surface area contributed by atoms with E-state index in [-0.39, 0.29) is 5.76 Å². The first-order valence-corrected chi connectivity index (χ1v) is 3.67. The van der Waals surface area contributed by atoms with Crippen molar-refractivity contribution in [1.82, 2.24) is 0 Å². The van der Waals surface area contributed by atoms with E-state index in [9.17, 15) is 0 Å². The van der Waals surface area contributed by atoms with Crippen LogP contribution in [0.2, 0.25) is 5.02 Å². The van der Waals surface area contributed by atoms with E-state index in [0.717, 1.165) is 0 Å². The first kappa shape index (κ1) is 8.81. The zero-order chi connectivity index (χ0) is 9.14. The Morgan fingerprint density at radius 3 is 2.67 bits per heavy atom. The van der Waals surface area contributed by atoms with E-state index in [1.54, 1.807) is 18.2 Å². The summed E-state index contributed by atoms with van der Waals surface area (Å²) in [4.78, 5) is 3.70. The number of aliphatic hydroxyl groups is 1. The number of hydrogen-bond donors (Lipinski definition) is 1. The normalized spacial score (nSPS) is 9.42. The van der Waals surface area contributed by atoms with E-state index in [1.807, 2.05) is 0 Å². The third-order valence-electron chi connectivity index (χ3n) is 1.44.